The van der Waals surface area contributed by atoms with Gasteiger partial charge in [-0.15, -0.1) is 10.2 Å². The monoisotopic (exact) mass is 380 g/mol. The number of imidazole rings is 1. The van der Waals surface area contributed by atoms with E-state index in [9.17, 15) is 4.79 Å². The Kier molecular flexibility index (Phi) is 5.41. The van der Waals surface area contributed by atoms with Gasteiger partial charge in [-0.3, -0.25) is 4.79 Å². The molecule has 3 aromatic rings. The molecule has 0 atom stereocenters. The standard InChI is InChI=1S/C21H28N6O/c1-14(2)6-9-18-25-26-19(27(18)16-7-8-16)10-11-20(28)22-12-15-4-3-5-17-21(15)24-13-23-17/h3-5,13-14,16H,6-12H2,1-2H3,(H,22,28)(H,23,24). The SMILES string of the molecule is CC(C)CCc1nnc(CCC(=O)NCc2cccc3[nH]cnc23)n1C1CC1. The van der Waals surface area contributed by atoms with E-state index in [-0.39, 0.29) is 5.91 Å². The number of aromatic nitrogens is 5. The molecule has 1 amide bonds. The van der Waals surface area contributed by atoms with E-state index < -0.39 is 0 Å². The zero-order chi connectivity index (χ0) is 19.5. The number of H-pyrrole nitrogens is 1. The number of hydrogen-bond donors (Lipinski definition) is 2. The van der Waals surface area contributed by atoms with Crippen molar-refractivity contribution in [1.82, 2.24) is 30.0 Å². The highest BCUT2D eigenvalue weighted by Crippen LogP contribution is 2.37. The van der Waals surface area contributed by atoms with Gasteiger partial charge < -0.3 is 14.9 Å². The molecule has 1 aromatic carbocycles. The number of amides is 1. The Balaban J connectivity index is 1.34. The molecule has 0 spiro atoms. The summed E-state index contributed by atoms with van der Waals surface area (Å²) in [5, 5.41) is 11.8. The number of carbonyl (C=O) groups excluding carboxylic acids is 1. The van der Waals surface area contributed by atoms with E-state index >= 15 is 0 Å². The quantitative estimate of drug-likeness (QED) is 0.596. The number of aromatic amines is 1. The highest BCUT2D eigenvalue weighted by atomic mass is 16.1. The predicted octanol–water partition coefficient (Wildman–Crippen LogP) is 3.33. The predicted molar refractivity (Wildman–Crippen MR) is 108 cm³/mol. The van der Waals surface area contributed by atoms with Gasteiger partial charge in [0.2, 0.25) is 5.91 Å². The molecule has 4 rings (SSSR count). The lowest BCUT2D eigenvalue weighted by Gasteiger charge is -2.10. The summed E-state index contributed by atoms with van der Waals surface area (Å²) in [6.07, 6.45) is 7.19. The highest BCUT2D eigenvalue weighted by molar-refractivity contribution is 5.80. The van der Waals surface area contributed by atoms with Crippen LogP contribution in [0.4, 0.5) is 0 Å². The first-order valence-electron chi connectivity index (χ1n) is 10.2. The summed E-state index contributed by atoms with van der Waals surface area (Å²) in [4.78, 5) is 19.8. The van der Waals surface area contributed by atoms with Gasteiger partial charge in [0.25, 0.3) is 0 Å². The van der Waals surface area contributed by atoms with Crippen LogP contribution in [0.2, 0.25) is 0 Å². The van der Waals surface area contributed by atoms with E-state index in [1.807, 2.05) is 18.2 Å². The molecule has 0 unspecified atom stereocenters. The molecule has 1 fully saturated rings. The molecule has 2 N–H and O–H groups in total. The number of hydrogen-bond acceptors (Lipinski definition) is 4. The van der Waals surface area contributed by atoms with Crippen molar-refractivity contribution >= 4 is 16.9 Å². The van der Waals surface area contributed by atoms with E-state index in [2.05, 4.69) is 43.9 Å². The number of nitrogens with one attached hydrogen (secondary N) is 2. The molecule has 148 valence electrons. The first kappa shape index (κ1) is 18.7. The highest BCUT2D eigenvalue weighted by Gasteiger charge is 2.29. The minimum atomic E-state index is 0.0293. The normalized spacial score (nSPS) is 14.1. The van der Waals surface area contributed by atoms with E-state index in [0.717, 1.165) is 41.1 Å². The Morgan fingerprint density at radius 3 is 2.79 bits per heavy atom. The number of para-hydroxylation sites is 1. The molecule has 0 radical (unpaired) electrons. The molecular weight excluding hydrogens is 352 g/mol. The van der Waals surface area contributed by atoms with Crippen molar-refractivity contribution in [2.45, 2.75) is 65.0 Å². The summed E-state index contributed by atoms with van der Waals surface area (Å²) < 4.78 is 2.29. The third-order valence-electron chi connectivity index (χ3n) is 5.28. The van der Waals surface area contributed by atoms with Crippen molar-refractivity contribution in [3.63, 3.8) is 0 Å². The van der Waals surface area contributed by atoms with Crippen molar-refractivity contribution in [2.24, 2.45) is 5.92 Å². The van der Waals surface area contributed by atoms with Crippen molar-refractivity contribution < 1.29 is 4.79 Å². The van der Waals surface area contributed by atoms with Gasteiger partial charge in [0, 0.05) is 31.8 Å². The molecule has 1 saturated carbocycles. The van der Waals surface area contributed by atoms with Crippen molar-refractivity contribution in [2.75, 3.05) is 0 Å². The topological polar surface area (TPSA) is 88.5 Å². The Hall–Kier alpha value is -2.70. The average Bonchev–Trinajstić information content (AvgIpc) is 3.25. The fraction of sp³-hybridized carbons (Fsp3) is 0.524. The van der Waals surface area contributed by atoms with Gasteiger partial charge in [-0.1, -0.05) is 26.0 Å². The molecule has 0 saturated heterocycles. The maximum absolute atomic E-state index is 12.4. The Morgan fingerprint density at radius 2 is 2.04 bits per heavy atom. The number of benzene rings is 1. The minimum absolute atomic E-state index is 0.0293. The zero-order valence-electron chi connectivity index (χ0n) is 16.6. The van der Waals surface area contributed by atoms with Crippen LogP contribution < -0.4 is 5.32 Å². The number of rotatable bonds is 9. The minimum Gasteiger partial charge on any atom is -0.352 e. The van der Waals surface area contributed by atoms with Gasteiger partial charge in [-0.25, -0.2) is 4.98 Å². The van der Waals surface area contributed by atoms with Crippen molar-refractivity contribution in [1.29, 1.82) is 0 Å². The fourth-order valence-corrected chi connectivity index (χ4v) is 3.55. The summed E-state index contributed by atoms with van der Waals surface area (Å²) >= 11 is 0. The number of fused-ring (bicyclic) bond motifs is 1. The second kappa shape index (κ2) is 8.12. The smallest absolute Gasteiger partial charge is 0.220 e. The first-order valence-corrected chi connectivity index (χ1v) is 10.2. The Labute approximate surface area is 165 Å². The lowest BCUT2D eigenvalue weighted by molar-refractivity contribution is -0.121. The molecule has 1 aliphatic rings. The number of aryl methyl sites for hydroxylation is 2. The molecule has 28 heavy (non-hydrogen) atoms. The van der Waals surface area contributed by atoms with Crippen LogP contribution in [0.15, 0.2) is 24.5 Å². The maximum atomic E-state index is 12.4. The summed E-state index contributed by atoms with van der Waals surface area (Å²) in [7, 11) is 0. The van der Waals surface area contributed by atoms with Gasteiger partial charge in [-0.05, 0) is 36.8 Å². The van der Waals surface area contributed by atoms with Gasteiger partial charge >= 0.3 is 0 Å². The first-order chi connectivity index (χ1) is 13.6. The van der Waals surface area contributed by atoms with Gasteiger partial charge in [0.15, 0.2) is 0 Å². The Morgan fingerprint density at radius 1 is 1.25 bits per heavy atom. The summed E-state index contributed by atoms with van der Waals surface area (Å²) in [6.45, 7) is 4.94. The van der Waals surface area contributed by atoms with Crippen LogP contribution in [0.3, 0.4) is 0 Å². The summed E-state index contributed by atoms with van der Waals surface area (Å²) in [5.41, 5.74) is 2.91. The summed E-state index contributed by atoms with van der Waals surface area (Å²) in [6, 6.07) is 6.48. The average molecular weight is 380 g/mol. The molecule has 7 nitrogen and oxygen atoms in total. The third-order valence-corrected chi connectivity index (χ3v) is 5.28. The lowest BCUT2D eigenvalue weighted by Crippen LogP contribution is -2.23. The van der Waals surface area contributed by atoms with Gasteiger partial charge in [0.05, 0.1) is 17.4 Å². The van der Waals surface area contributed by atoms with Crippen molar-refractivity contribution in [3.05, 3.63) is 41.7 Å². The fourth-order valence-electron chi connectivity index (χ4n) is 3.55. The van der Waals surface area contributed by atoms with Gasteiger partial charge in [-0.2, -0.15) is 0 Å². The van der Waals surface area contributed by atoms with E-state index in [0.29, 0.717) is 31.3 Å². The molecule has 0 aliphatic heterocycles. The number of carbonyl (C=O) groups is 1. The maximum Gasteiger partial charge on any atom is 0.220 e. The zero-order valence-corrected chi connectivity index (χ0v) is 16.6. The van der Waals surface area contributed by atoms with Crippen LogP contribution in [0.5, 0.6) is 0 Å². The molecular formula is C21H28N6O. The molecule has 7 heteroatoms. The van der Waals surface area contributed by atoms with Gasteiger partial charge in [0.1, 0.15) is 11.6 Å². The summed E-state index contributed by atoms with van der Waals surface area (Å²) in [5.74, 6) is 2.71. The lowest BCUT2D eigenvalue weighted by atomic mass is 10.1. The van der Waals surface area contributed by atoms with E-state index in [1.54, 1.807) is 6.33 Å². The van der Waals surface area contributed by atoms with Crippen LogP contribution >= 0.6 is 0 Å². The largest absolute Gasteiger partial charge is 0.352 e. The molecule has 2 aromatic heterocycles. The second-order valence-electron chi connectivity index (χ2n) is 8.06. The van der Waals surface area contributed by atoms with Crippen LogP contribution in [0.1, 0.15) is 62.8 Å². The van der Waals surface area contributed by atoms with Crippen molar-refractivity contribution in [3.8, 4) is 0 Å². The third kappa shape index (κ3) is 4.24. The number of nitrogens with zero attached hydrogens (tertiary/aromatic N) is 4. The van der Waals surface area contributed by atoms with Crippen LogP contribution in [-0.4, -0.2) is 30.6 Å². The Bertz CT molecular complexity index is 953. The molecule has 1 aliphatic carbocycles. The second-order valence-corrected chi connectivity index (χ2v) is 8.06. The molecule has 2 heterocycles. The van der Waals surface area contributed by atoms with Crippen LogP contribution in [0, 0.1) is 5.92 Å². The molecule has 0 bridgehead atoms. The van der Waals surface area contributed by atoms with Crippen LogP contribution in [-0.2, 0) is 24.2 Å². The van der Waals surface area contributed by atoms with Crippen LogP contribution in [0.25, 0.3) is 11.0 Å². The van der Waals surface area contributed by atoms with E-state index in [4.69, 9.17) is 0 Å². The van der Waals surface area contributed by atoms with E-state index in [1.165, 1.54) is 12.8 Å².